The predicted octanol–water partition coefficient (Wildman–Crippen LogP) is 2.65. The largest absolute Gasteiger partial charge is 0.381 e. The maximum absolute atomic E-state index is 13.3. The lowest BCUT2D eigenvalue weighted by atomic mass is 9.73. The average Bonchev–Trinajstić information content (AvgIpc) is 3.13. The van der Waals surface area contributed by atoms with Gasteiger partial charge in [0, 0.05) is 13.2 Å². The number of fused-ring (bicyclic) bond motifs is 1. The first-order chi connectivity index (χ1) is 11.8. The van der Waals surface area contributed by atoms with Gasteiger partial charge in [0.05, 0.1) is 23.3 Å². The van der Waals surface area contributed by atoms with Crippen molar-refractivity contribution in [2.24, 2.45) is 0 Å². The second-order valence-electron chi connectivity index (χ2n) is 6.79. The minimum Gasteiger partial charge on any atom is -0.381 e. The minimum atomic E-state index is -0.489. The van der Waals surface area contributed by atoms with Crippen LogP contribution in [0.2, 0.25) is 0 Å². The number of hydrogen-bond donors (Lipinski definition) is 2. The van der Waals surface area contributed by atoms with Gasteiger partial charge in [0.15, 0.2) is 0 Å². The van der Waals surface area contributed by atoms with Crippen molar-refractivity contribution >= 4 is 5.91 Å². The summed E-state index contributed by atoms with van der Waals surface area (Å²) < 4.78 is 5.53. The monoisotopic (exact) mass is 325 g/mol. The van der Waals surface area contributed by atoms with E-state index in [0.717, 1.165) is 43.4 Å². The highest BCUT2D eigenvalue weighted by atomic mass is 16.5. The van der Waals surface area contributed by atoms with Crippen molar-refractivity contribution in [1.29, 1.82) is 0 Å². The molecule has 1 unspecified atom stereocenters. The number of carbonyl (C=O) groups is 1. The number of carbonyl (C=O) groups excluding carboxylic acids is 1. The van der Waals surface area contributed by atoms with Crippen molar-refractivity contribution in [3.63, 3.8) is 0 Å². The molecule has 5 nitrogen and oxygen atoms in total. The maximum atomic E-state index is 13.3. The lowest BCUT2D eigenvalue weighted by Crippen LogP contribution is -2.49. The van der Waals surface area contributed by atoms with Gasteiger partial charge < -0.3 is 10.1 Å². The van der Waals surface area contributed by atoms with Crippen LogP contribution in [0.4, 0.5) is 0 Å². The van der Waals surface area contributed by atoms with E-state index < -0.39 is 5.41 Å². The average molecular weight is 325 g/mol. The molecule has 1 aliphatic carbocycles. The van der Waals surface area contributed by atoms with E-state index in [-0.39, 0.29) is 11.9 Å². The Balaban J connectivity index is 1.62. The molecule has 1 saturated heterocycles. The Morgan fingerprint density at radius 3 is 2.83 bits per heavy atom. The molecule has 1 fully saturated rings. The molecule has 0 radical (unpaired) electrons. The fourth-order valence-electron chi connectivity index (χ4n) is 4.03. The lowest BCUT2D eigenvalue weighted by Gasteiger charge is -2.38. The van der Waals surface area contributed by atoms with Crippen molar-refractivity contribution in [3.05, 3.63) is 53.3 Å². The zero-order valence-electron chi connectivity index (χ0n) is 13.8. The van der Waals surface area contributed by atoms with Crippen LogP contribution >= 0.6 is 0 Å². The number of benzene rings is 1. The van der Waals surface area contributed by atoms with Crippen molar-refractivity contribution in [1.82, 2.24) is 15.5 Å². The fraction of sp³-hybridized carbons (Fsp3) is 0.474. The highest BCUT2D eigenvalue weighted by molar-refractivity contribution is 5.88. The molecule has 2 N–H and O–H groups in total. The number of aromatic amines is 1. The van der Waals surface area contributed by atoms with Gasteiger partial charge >= 0.3 is 0 Å². The van der Waals surface area contributed by atoms with Crippen LogP contribution in [0.15, 0.2) is 36.5 Å². The van der Waals surface area contributed by atoms with Crippen LogP contribution in [0, 0.1) is 0 Å². The van der Waals surface area contributed by atoms with Crippen LogP contribution in [0.25, 0.3) is 0 Å². The second-order valence-corrected chi connectivity index (χ2v) is 6.79. The molecule has 1 amide bonds. The molecule has 1 aromatic heterocycles. The smallest absolute Gasteiger partial charge is 0.231 e. The molecule has 0 spiro atoms. The molecule has 1 atom stereocenters. The molecule has 5 heteroatoms. The summed E-state index contributed by atoms with van der Waals surface area (Å²) in [5.74, 6) is 0.115. The molecule has 1 aromatic carbocycles. The minimum absolute atomic E-state index is 0.0344. The quantitative estimate of drug-likeness (QED) is 0.912. The van der Waals surface area contributed by atoms with Crippen LogP contribution in [-0.2, 0) is 21.4 Å². The number of rotatable bonds is 3. The van der Waals surface area contributed by atoms with Gasteiger partial charge in [0.25, 0.3) is 0 Å². The summed E-state index contributed by atoms with van der Waals surface area (Å²) in [6.07, 6.45) is 6.42. The predicted molar refractivity (Wildman–Crippen MR) is 90.6 cm³/mol. The van der Waals surface area contributed by atoms with Crippen LogP contribution in [0.5, 0.6) is 0 Å². The van der Waals surface area contributed by atoms with Gasteiger partial charge in [0.2, 0.25) is 5.91 Å². The highest BCUT2D eigenvalue weighted by Gasteiger charge is 2.42. The maximum Gasteiger partial charge on any atom is 0.231 e. The molecule has 2 aromatic rings. The van der Waals surface area contributed by atoms with Crippen molar-refractivity contribution in [3.8, 4) is 0 Å². The van der Waals surface area contributed by atoms with Gasteiger partial charge in [-0.25, -0.2) is 0 Å². The zero-order chi connectivity index (χ0) is 16.4. The van der Waals surface area contributed by atoms with Gasteiger partial charge in [-0.1, -0.05) is 30.3 Å². The van der Waals surface area contributed by atoms with E-state index in [0.29, 0.717) is 13.2 Å². The molecule has 0 saturated carbocycles. The Labute approximate surface area is 141 Å². The number of aromatic nitrogens is 2. The number of amides is 1. The van der Waals surface area contributed by atoms with Gasteiger partial charge in [-0.3, -0.25) is 9.89 Å². The Morgan fingerprint density at radius 1 is 1.25 bits per heavy atom. The fourth-order valence-corrected chi connectivity index (χ4v) is 4.03. The number of aryl methyl sites for hydroxylation is 1. The van der Waals surface area contributed by atoms with E-state index in [1.54, 1.807) is 0 Å². The van der Waals surface area contributed by atoms with Crippen LogP contribution in [-0.4, -0.2) is 29.3 Å². The van der Waals surface area contributed by atoms with Crippen LogP contribution in [0.1, 0.15) is 48.5 Å². The normalized spacial score (nSPS) is 22.6. The number of H-pyrrole nitrogens is 1. The summed E-state index contributed by atoms with van der Waals surface area (Å²) in [5.41, 5.74) is 2.90. The Morgan fingerprint density at radius 2 is 2.04 bits per heavy atom. The van der Waals surface area contributed by atoms with E-state index in [4.69, 9.17) is 4.74 Å². The van der Waals surface area contributed by atoms with Gasteiger partial charge in [0.1, 0.15) is 0 Å². The SMILES string of the molecule is O=C(NC1CCCc2cn[nH]c21)C1(c2ccccc2)CCOCC1. The van der Waals surface area contributed by atoms with Gasteiger partial charge in [-0.05, 0) is 43.2 Å². The summed E-state index contributed by atoms with van der Waals surface area (Å²) >= 11 is 0. The molecule has 2 aliphatic rings. The molecule has 24 heavy (non-hydrogen) atoms. The first-order valence-corrected chi connectivity index (χ1v) is 8.76. The Hall–Kier alpha value is -2.14. The van der Waals surface area contributed by atoms with E-state index in [1.165, 1.54) is 5.56 Å². The third-order valence-corrected chi connectivity index (χ3v) is 5.45. The third kappa shape index (κ3) is 2.63. The number of hydrogen-bond acceptors (Lipinski definition) is 3. The molecule has 1 aliphatic heterocycles. The van der Waals surface area contributed by atoms with Crippen molar-refractivity contribution in [2.75, 3.05) is 13.2 Å². The molecule has 0 bridgehead atoms. The summed E-state index contributed by atoms with van der Waals surface area (Å²) in [5, 5.41) is 10.5. The highest BCUT2D eigenvalue weighted by Crippen LogP contribution is 2.37. The Bertz CT molecular complexity index is 704. The number of nitrogens with one attached hydrogen (secondary N) is 2. The first-order valence-electron chi connectivity index (χ1n) is 8.76. The summed E-state index contributed by atoms with van der Waals surface area (Å²) in [6.45, 7) is 1.25. The Kier molecular flexibility index (Phi) is 4.10. The third-order valence-electron chi connectivity index (χ3n) is 5.45. The summed E-state index contributed by atoms with van der Waals surface area (Å²) in [7, 11) is 0. The first kappa shape index (κ1) is 15.4. The van der Waals surface area contributed by atoms with Crippen LogP contribution in [0.3, 0.4) is 0 Å². The van der Waals surface area contributed by atoms with Crippen molar-refractivity contribution in [2.45, 2.75) is 43.6 Å². The topological polar surface area (TPSA) is 67.0 Å². The van der Waals surface area contributed by atoms with Crippen LogP contribution < -0.4 is 5.32 Å². The second kappa shape index (κ2) is 6.40. The zero-order valence-corrected chi connectivity index (χ0v) is 13.8. The summed E-state index contributed by atoms with van der Waals surface area (Å²) in [4.78, 5) is 13.3. The number of ether oxygens (including phenoxy) is 1. The summed E-state index contributed by atoms with van der Waals surface area (Å²) in [6, 6.07) is 10.2. The van der Waals surface area contributed by atoms with E-state index in [1.807, 2.05) is 24.4 Å². The van der Waals surface area contributed by atoms with Gasteiger partial charge in [-0.15, -0.1) is 0 Å². The van der Waals surface area contributed by atoms with E-state index in [2.05, 4.69) is 27.6 Å². The standard InChI is InChI=1S/C19H23N3O2/c23-18(21-16-8-4-5-14-13-20-22-17(14)16)19(9-11-24-12-10-19)15-6-2-1-3-7-15/h1-3,6-7,13,16H,4-5,8-12H2,(H,20,22)(H,21,23). The molecular weight excluding hydrogens is 302 g/mol. The molecular formula is C19H23N3O2. The van der Waals surface area contributed by atoms with E-state index in [9.17, 15) is 4.79 Å². The lowest BCUT2D eigenvalue weighted by molar-refractivity contribution is -0.131. The number of nitrogens with zero attached hydrogens (tertiary/aromatic N) is 1. The molecule has 2 heterocycles. The molecule has 4 rings (SSSR count). The molecule has 126 valence electrons. The van der Waals surface area contributed by atoms with E-state index >= 15 is 0 Å². The van der Waals surface area contributed by atoms with Crippen molar-refractivity contribution < 1.29 is 9.53 Å². The van der Waals surface area contributed by atoms with Gasteiger partial charge in [-0.2, -0.15) is 5.10 Å².